The Morgan fingerprint density at radius 3 is 2.26 bits per heavy atom. The van der Waals surface area contributed by atoms with Crippen LogP contribution in [0.4, 0.5) is 5.69 Å². The molecule has 7 nitrogen and oxygen atoms in total. The van der Waals surface area contributed by atoms with Crippen molar-refractivity contribution in [2.24, 2.45) is 5.92 Å². The average Bonchev–Trinajstić information content (AvgIpc) is 2.76. The first kappa shape index (κ1) is 27.9. The zero-order chi connectivity index (χ0) is 25.5. The van der Waals surface area contributed by atoms with Crippen LogP contribution in [0.25, 0.3) is 0 Å². The molecule has 2 rings (SSSR count). The number of carbonyl (C=O) groups is 2. The number of rotatable bonds is 11. The smallest absolute Gasteiger partial charge is 0.244 e. The van der Waals surface area contributed by atoms with E-state index < -0.39 is 28.5 Å². The predicted molar refractivity (Wildman–Crippen MR) is 140 cm³/mol. The summed E-state index contributed by atoms with van der Waals surface area (Å²) in [5, 5.41) is 2.92. The standard InChI is InChI=1S/C25H34BrN3O4S/c1-6-23(25(31)27-15-18(2)3)28(16-20-12-10-19(4)11-13-20)24(30)17-29(34(5,32)33)22-9-7-8-21(26)14-22/h7-14,18,23H,6,15-17H2,1-5H3,(H,27,31)/t23-/m1/s1. The maximum Gasteiger partial charge on any atom is 0.244 e. The van der Waals surface area contributed by atoms with Gasteiger partial charge in [0.1, 0.15) is 12.6 Å². The Balaban J connectivity index is 2.41. The Labute approximate surface area is 211 Å². The van der Waals surface area contributed by atoms with Gasteiger partial charge in [-0.05, 0) is 43.0 Å². The van der Waals surface area contributed by atoms with Crippen LogP contribution in [0.1, 0.15) is 38.3 Å². The molecule has 1 N–H and O–H groups in total. The van der Waals surface area contributed by atoms with Crippen molar-refractivity contribution >= 4 is 43.5 Å². The lowest BCUT2D eigenvalue weighted by Gasteiger charge is -2.33. The van der Waals surface area contributed by atoms with Crippen LogP contribution < -0.4 is 9.62 Å². The molecule has 0 heterocycles. The van der Waals surface area contributed by atoms with Crippen LogP contribution in [0.15, 0.2) is 53.0 Å². The third kappa shape index (κ3) is 8.13. The normalized spacial score (nSPS) is 12.3. The van der Waals surface area contributed by atoms with E-state index in [9.17, 15) is 18.0 Å². The van der Waals surface area contributed by atoms with E-state index in [4.69, 9.17) is 0 Å². The Kier molecular flexibility index (Phi) is 10.1. The molecule has 0 spiro atoms. The molecule has 0 aromatic heterocycles. The molecule has 2 aromatic carbocycles. The van der Waals surface area contributed by atoms with Crippen molar-refractivity contribution in [1.82, 2.24) is 10.2 Å². The molecule has 0 aliphatic carbocycles. The van der Waals surface area contributed by atoms with E-state index in [1.165, 1.54) is 4.90 Å². The van der Waals surface area contributed by atoms with Crippen molar-refractivity contribution in [3.63, 3.8) is 0 Å². The molecule has 186 valence electrons. The summed E-state index contributed by atoms with van der Waals surface area (Å²) in [6.45, 7) is 8.10. The van der Waals surface area contributed by atoms with Crippen LogP contribution in [-0.4, -0.2) is 50.5 Å². The van der Waals surface area contributed by atoms with Gasteiger partial charge in [0.15, 0.2) is 0 Å². The Morgan fingerprint density at radius 2 is 1.74 bits per heavy atom. The topological polar surface area (TPSA) is 86.8 Å². The number of carbonyl (C=O) groups excluding carboxylic acids is 2. The first-order valence-electron chi connectivity index (χ1n) is 11.3. The highest BCUT2D eigenvalue weighted by Crippen LogP contribution is 2.23. The number of nitrogens with zero attached hydrogens (tertiary/aromatic N) is 2. The Morgan fingerprint density at radius 1 is 1.09 bits per heavy atom. The van der Waals surface area contributed by atoms with E-state index in [0.717, 1.165) is 21.7 Å². The van der Waals surface area contributed by atoms with Gasteiger partial charge in [-0.1, -0.05) is 72.6 Å². The molecular weight excluding hydrogens is 518 g/mol. The molecule has 0 unspecified atom stereocenters. The van der Waals surface area contributed by atoms with Gasteiger partial charge >= 0.3 is 0 Å². The maximum absolute atomic E-state index is 13.6. The summed E-state index contributed by atoms with van der Waals surface area (Å²) in [7, 11) is -3.75. The molecular formula is C25H34BrN3O4S. The molecule has 1 atom stereocenters. The summed E-state index contributed by atoms with van der Waals surface area (Å²) in [5.74, 6) is -0.428. The van der Waals surface area contributed by atoms with Gasteiger partial charge in [-0.2, -0.15) is 0 Å². The van der Waals surface area contributed by atoms with Gasteiger partial charge in [-0.3, -0.25) is 13.9 Å². The predicted octanol–water partition coefficient (Wildman–Crippen LogP) is 4.10. The van der Waals surface area contributed by atoms with Crippen molar-refractivity contribution in [1.29, 1.82) is 0 Å². The zero-order valence-electron chi connectivity index (χ0n) is 20.4. The minimum atomic E-state index is -3.75. The van der Waals surface area contributed by atoms with E-state index in [1.54, 1.807) is 24.3 Å². The van der Waals surface area contributed by atoms with Crippen LogP contribution in [0, 0.1) is 12.8 Å². The van der Waals surface area contributed by atoms with E-state index in [1.807, 2.05) is 52.0 Å². The quantitative estimate of drug-likeness (QED) is 0.455. The van der Waals surface area contributed by atoms with E-state index in [-0.39, 0.29) is 18.4 Å². The lowest BCUT2D eigenvalue weighted by molar-refractivity contribution is -0.140. The average molecular weight is 553 g/mol. The van der Waals surface area contributed by atoms with Crippen molar-refractivity contribution in [2.45, 2.75) is 46.7 Å². The fourth-order valence-corrected chi connectivity index (χ4v) is 4.71. The van der Waals surface area contributed by atoms with E-state index >= 15 is 0 Å². The van der Waals surface area contributed by atoms with Crippen molar-refractivity contribution < 1.29 is 18.0 Å². The van der Waals surface area contributed by atoms with Gasteiger partial charge in [0.2, 0.25) is 21.8 Å². The lowest BCUT2D eigenvalue weighted by atomic mass is 10.1. The van der Waals surface area contributed by atoms with Crippen LogP contribution >= 0.6 is 15.9 Å². The summed E-state index contributed by atoms with van der Waals surface area (Å²) in [5.41, 5.74) is 2.32. The number of sulfonamides is 1. The SMILES string of the molecule is CC[C@H](C(=O)NCC(C)C)N(Cc1ccc(C)cc1)C(=O)CN(c1cccc(Br)c1)S(C)(=O)=O. The largest absolute Gasteiger partial charge is 0.354 e. The number of halogens is 1. The Hall–Kier alpha value is -2.39. The Bertz CT molecular complexity index is 1090. The second-order valence-electron chi connectivity index (χ2n) is 8.82. The van der Waals surface area contributed by atoms with Gasteiger partial charge in [-0.25, -0.2) is 8.42 Å². The third-order valence-corrected chi connectivity index (χ3v) is 6.95. The van der Waals surface area contributed by atoms with Gasteiger partial charge in [-0.15, -0.1) is 0 Å². The van der Waals surface area contributed by atoms with E-state index in [0.29, 0.717) is 23.1 Å². The molecule has 0 fully saturated rings. The highest BCUT2D eigenvalue weighted by Gasteiger charge is 2.31. The molecule has 9 heteroatoms. The van der Waals surface area contributed by atoms with Gasteiger partial charge < -0.3 is 10.2 Å². The second-order valence-corrected chi connectivity index (χ2v) is 11.6. The summed E-state index contributed by atoms with van der Waals surface area (Å²) in [4.78, 5) is 28.1. The lowest BCUT2D eigenvalue weighted by Crippen LogP contribution is -2.52. The molecule has 34 heavy (non-hydrogen) atoms. The summed E-state index contributed by atoms with van der Waals surface area (Å²) >= 11 is 3.35. The number of hydrogen-bond donors (Lipinski definition) is 1. The summed E-state index contributed by atoms with van der Waals surface area (Å²) in [6.07, 6.45) is 1.47. The molecule has 0 saturated carbocycles. The fraction of sp³-hybridized carbons (Fsp3) is 0.440. The molecule has 0 aliphatic rings. The first-order chi connectivity index (χ1) is 15.9. The number of nitrogens with one attached hydrogen (secondary N) is 1. The molecule has 0 saturated heterocycles. The minimum Gasteiger partial charge on any atom is -0.354 e. The third-order valence-electron chi connectivity index (χ3n) is 5.32. The molecule has 0 aliphatic heterocycles. The zero-order valence-corrected chi connectivity index (χ0v) is 22.8. The summed E-state index contributed by atoms with van der Waals surface area (Å²) in [6, 6.07) is 13.8. The highest BCUT2D eigenvalue weighted by molar-refractivity contribution is 9.10. The van der Waals surface area contributed by atoms with Crippen LogP contribution in [0.2, 0.25) is 0 Å². The molecule has 0 bridgehead atoms. The molecule has 2 amide bonds. The summed E-state index contributed by atoms with van der Waals surface area (Å²) < 4.78 is 27.0. The number of anilines is 1. The van der Waals surface area contributed by atoms with Crippen LogP contribution in [-0.2, 0) is 26.2 Å². The van der Waals surface area contributed by atoms with Crippen molar-refractivity contribution in [3.8, 4) is 0 Å². The fourth-order valence-electron chi connectivity index (χ4n) is 3.48. The van der Waals surface area contributed by atoms with Crippen LogP contribution in [0.3, 0.4) is 0 Å². The molecule has 2 aromatic rings. The number of amides is 2. The number of hydrogen-bond acceptors (Lipinski definition) is 4. The maximum atomic E-state index is 13.6. The highest BCUT2D eigenvalue weighted by atomic mass is 79.9. The van der Waals surface area contributed by atoms with E-state index in [2.05, 4.69) is 21.2 Å². The van der Waals surface area contributed by atoms with Gasteiger partial charge in [0.25, 0.3) is 0 Å². The number of aryl methyl sites for hydroxylation is 1. The van der Waals surface area contributed by atoms with Gasteiger partial charge in [0, 0.05) is 17.6 Å². The molecule has 0 radical (unpaired) electrons. The first-order valence-corrected chi connectivity index (χ1v) is 13.9. The van der Waals surface area contributed by atoms with Crippen molar-refractivity contribution in [2.75, 3.05) is 23.7 Å². The van der Waals surface area contributed by atoms with Crippen molar-refractivity contribution in [3.05, 3.63) is 64.1 Å². The minimum absolute atomic E-state index is 0.197. The van der Waals surface area contributed by atoms with Gasteiger partial charge in [0.05, 0.1) is 11.9 Å². The van der Waals surface area contributed by atoms with Crippen LogP contribution in [0.5, 0.6) is 0 Å². The monoisotopic (exact) mass is 551 g/mol. The second kappa shape index (κ2) is 12.4. The number of benzene rings is 2.